The molecule has 4 rings (SSSR count). The van der Waals surface area contributed by atoms with Crippen LogP contribution in [0, 0.1) is 0 Å². The van der Waals surface area contributed by atoms with E-state index in [-0.39, 0.29) is 24.1 Å². The summed E-state index contributed by atoms with van der Waals surface area (Å²) in [6, 6.07) is 9.39. The molecule has 10 nitrogen and oxygen atoms in total. The smallest absolute Gasteiger partial charge is 0.277 e. The van der Waals surface area contributed by atoms with Crippen LogP contribution in [-0.2, 0) is 20.9 Å². The number of hydrogen-bond donors (Lipinski definition) is 1. The van der Waals surface area contributed by atoms with E-state index in [4.69, 9.17) is 0 Å². The van der Waals surface area contributed by atoms with Crippen molar-refractivity contribution < 1.29 is 19.2 Å². The number of aromatic nitrogens is 2. The molecule has 0 saturated carbocycles. The average Bonchev–Trinajstić information content (AvgIpc) is 3.29. The highest BCUT2D eigenvalue weighted by molar-refractivity contribution is 6.12. The summed E-state index contributed by atoms with van der Waals surface area (Å²) >= 11 is 0. The van der Waals surface area contributed by atoms with Crippen molar-refractivity contribution in [3.63, 3.8) is 0 Å². The standard InChI is InChI=1S/C27H34N6O4/c1-19(2)25-22(16-23-27(37)33(20(3)34)17-24(35)29-23)28-18-32(25)11-7-10-30-12-14-31(15-13-30)26(36)21-8-5-4-6-9-21/h4-6,8-9,16,18-19H,7,10-15,17H2,1-3H3,(H,29,35)/b23-16-. The molecule has 10 heteroatoms. The number of nitrogens with one attached hydrogen (secondary N) is 1. The van der Waals surface area contributed by atoms with Crippen LogP contribution in [-0.4, -0.2) is 87.1 Å². The number of imide groups is 1. The van der Waals surface area contributed by atoms with Gasteiger partial charge in [-0.2, -0.15) is 0 Å². The van der Waals surface area contributed by atoms with Crippen molar-refractivity contribution in [2.45, 2.75) is 39.7 Å². The van der Waals surface area contributed by atoms with Gasteiger partial charge in [-0.25, -0.2) is 4.98 Å². The minimum absolute atomic E-state index is 0.0570. The van der Waals surface area contributed by atoms with Crippen LogP contribution in [0.3, 0.4) is 0 Å². The lowest BCUT2D eigenvalue weighted by Crippen LogP contribution is -2.51. The highest BCUT2D eigenvalue weighted by atomic mass is 16.2. The number of amides is 4. The topological polar surface area (TPSA) is 108 Å². The van der Waals surface area contributed by atoms with Gasteiger partial charge in [-0.1, -0.05) is 32.0 Å². The molecule has 0 unspecified atom stereocenters. The fraction of sp³-hybridized carbons (Fsp3) is 0.444. The molecule has 3 heterocycles. The molecule has 2 aliphatic rings. The first-order valence-corrected chi connectivity index (χ1v) is 12.7. The molecule has 0 bridgehead atoms. The second-order valence-corrected chi connectivity index (χ2v) is 9.73. The molecular formula is C27H34N6O4. The molecule has 2 aliphatic heterocycles. The number of carbonyl (C=O) groups is 4. The fourth-order valence-electron chi connectivity index (χ4n) is 4.82. The summed E-state index contributed by atoms with van der Waals surface area (Å²) in [6.07, 6.45) is 4.23. The van der Waals surface area contributed by atoms with E-state index in [1.165, 1.54) is 6.92 Å². The van der Waals surface area contributed by atoms with E-state index in [0.717, 1.165) is 48.8 Å². The predicted octanol–water partition coefficient (Wildman–Crippen LogP) is 1.70. The molecule has 0 aliphatic carbocycles. The van der Waals surface area contributed by atoms with Crippen LogP contribution in [0.15, 0.2) is 42.4 Å². The molecule has 0 radical (unpaired) electrons. The van der Waals surface area contributed by atoms with Crippen LogP contribution < -0.4 is 5.32 Å². The molecule has 0 spiro atoms. The van der Waals surface area contributed by atoms with Crippen LogP contribution in [0.2, 0.25) is 0 Å². The van der Waals surface area contributed by atoms with E-state index < -0.39 is 17.7 Å². The summed E-state index contributed by atoms with van der Waals surface area (Å²) in [7, 11) is 0. The minimum Gasteiger partial charge on any atom is -0.336 e. The second kappa shape index (κ2) is 11.5. The first-order chi connectivity index (χ1) is 17.7. The Morgan fingerprint density at radius 2 is 1.76 bits per heavy atom. The number of benzene rings is 1. The SMILES string of the molecule is CC(=O)N1CC(=O)N/C(=C\c2ncn(CCCN3CCN(C(=O)c4ccccc4)CC3)c2C(C)C)C1=O. The minimum atomic E-state index is -0.527. The van der Waals surface area contributed by atoms with Gasteiger partial charge in [0.1, 0.15) is 12.2 Å². The molecule has 4 amide bonds. The number of nitrogens with zero attached hydrogens (tertiary/aromatic N) is 5. The number of carbonyl (C=O) groups excluding carboxylic acids is 4. The van der Waals surface area contributed by atoms with Gasteiger partial charge >= 0.3 is 0 Å². The largest absolute Gasteiger partial charge is 0.336 e. The zero-order chi connectivity index (χ0) is 26.5. The first-order valence-electron chi connectivity index (χ1n) is 12.7. The van der Waals surface area contributed by atoms with E-state index in [1.54, 1.807) is 12.4 Å². The van der Waals surface area contributed by atoms with E-state index in [1.807, 2.05) is 35.2 Å². The molecule has 2 fully saturated rings. The number of piperazine rings is 2. The summed E-state index contributed by atoms with van der Waals surface area (Å²) in [5.41, 5.74) is 2.36. The van der Waals surface area contributed by atoms with Gasteiger partial charge in [-0.15, -0.1) is 0 Å². The van der Waals surface area contributed by atoms with Crippen molar-refractivity contribution in [3.05, 3.63) is 59.3 Å². The molecule has 1 aromatic heterocycles. The van der Waals surface area contributed by atoms with E-state index in [2.05, 4.69) is 33.6 Å². The maximum atomic E-state index is 12.7. The fourth-order valence-corrected chi connectivity index (χ4v) is 4.82. The van der Waals surface area contributed by atoms with Gasteiger partial charge in [-0.05, 0) is 37.1 Å². The number of imidazole rings is 1. The monoisotopic (exact) mass is 506 g/mol. The molecule has 2 saturated heterocycles. The summed E-state index contributed by atoms with van der Waals surface area (Å²) < 4.78 is 2.09. The zero-order valence-corrected chi connectivity index (χ0v) is 21.6. The van der Waals surface area contributed by atoms with Gasteiger partial charge in [0, 0.05) is 50.9 Å². The Kier molecular flexibility index (Phi) is 8.17. The third-order valence-electron chi connectivity index (χ3n) is 6.72. The first kappa shape index (κ1) is 26.3. The van der Waals surface area contributed by atoms with Gasteiger partial charge in [0.25, 0.3) is 11.8 Å². The van der Waals surface area contributed by atoms with E-state index in [0.29, 0.717) is 18.8 Å². The molecule has 1 aromatic carbocycles. The number of aryl methyl sites for hydroxylation is 1. The van der Waals surface area contributed by atoms with Gasteiger partial charge in [-0.3, -0.25) is 29.0 Å². The highest BCUT2D eigenvalue weighted by Crippen LogP contribution is 2.22. The predicted molar refractivity (Wildman–Crippen MR) is 138 cm³/mol. The van der Waals surface area contributed by atoms with Crippen molar-refractivity contribution in [1.82, 2.24) is 29.6 Å². The van der Waals surface area contributed by atoms with Crippen LogP contribution in [0.5, 0.6) is 0 Å². The lowest BCUT2D eigenvalue weighted by atomic mass is 10.1. The molecule has 0 atom stereocenters. The zero-order valence-electron chi connectivity index (χ0n) is 21.6. The summed E-state index contributed by atoms with van der Waals surface area (Å²) in [6.45, 7) is 9.87. The summed E-state index contributed by atoms with van der Waals surface area (Å²) in [5.74, 6) is -1.18. The Balaban J connectivity index is 1.35. The lowest BCUT2D eigenvalue weighted by molar-refractivity contribution is -0.147. The Hall–Kier alpha value is -3.79. The quantitative estimate of drug-likeness (QED) is 0.573. The van der Waals surface area contributed by atoms with Crippen LogP contribution in [0.4, 0.5) is 0 Å². The molecule has 1 N–H and O–H groups in total. The van der Waals surface area contributed by atoms with E-state index >= 15 is 0 Å². The maximum absolute atomic E-state index is 12.7. The highest BCUT2D eigenvalue weighted by Gasteiger charge is 2.31. The van der Waals surface area contributed by atoms with Crippen molar-refractivity contribution in [1.29, 1.82) is 0 Å². The van der Waals surface area contributed by atoms with Crippen molar-refractivity contribution >= 4 is 29.7 Å². The van der Waals surface area contributed by atoms with Gasteiger partial charge in [0.05, 0.1) is 12.0 Å². The number of hydrogen-bond acceptors (Lipinski definition) is 6. The van der Waals surface area contributed by atoms with Gasteiger partial charge < -0.3 is 14.8 Å². The normalized spacial score (nSPS) is 18.0. The van der Waals surface area contributed by atoms with Crippen molar-refractivity contribution in [2.24, 2.45) is 0 Å². The molecule has 2 aromatic rings. The lowest BCUT2D eigenvalue weighted by Gasteiger charge is -2.34. The van der Waals surface area contributed by atoms with E-state index in [9.17, 15) is 19.2 Å². The summed E-state index contributed by atoms with van der Waals surface area (Å²) in [5, 5.41) is 2.58. The second-order valence-electron chi connectivity index (χ2n) is 9.73. The molecule has 196 valence electrons. The van der Waals surface area contributed by atoms with Crippen LogP contribution >= 0.6 is 0 Å². The molecular weight excluding hydrogens is 472 g/mol. The number of rotatable bonds is 7. The average molecular weight is 507 g/mol. The third-order valence-corrected chi connectivity index (χ3v) is 6.72. The Bertz CT molecular complexity index is 1190. The Labute approximate surface area is 216 Å². The van der Waals surface area contributed by atoms with Crippen LogP contribution in [0.25, 0.3) is 6.08 Å². The molecule has 37 heavy (non-hydrogen) atoms. The van der Waals surface area contributed by atoms with Crippen molar-refractivity contribution in [2.75, 3.05) is 39.3 Å². The Morgan fingerprint density at radius 3 is 2.41 bits per heavy atom. The van der Waals surface area contributed by atoms with Crippen molar-refractivity contribution in [3.8, 4) is 0 Å². The summed E-state index contributed by atoms with van der Waals surface area (Å²) in [4.78, 5) is 58.8. The Morgan fingerprint density at radius 1 is 1.05 bits per heavy atom. The van der Waals surface area contributed by atoms with Gasteiger partial charge in [0.2, 0.25) is 11.8 Å². The van der Waals surface area contributed by atoms with Gasteiger partial charge in [0.15, 0.2) is 0 Å². The van der Waals surface area contributed by atoms with Crippen LogP contribution in [0.1, 0.15) is 54.9 Å². The third kappa shape index (κ3) is 6.14. The maximum Gasteiger partial charge on any atom is 0.277 e.